The summed E-state index contributed by atoms with van der Waals surface area (Å²) in [5.74, 6) is 0. The molecule has 0 aromatic heterocycles. The molecule has 84 valence electrons. The quantitative estimate of drug-likeness (QED) is 0.641. The molecule has 1 unspecified atom stereocenters. The van der Waals surface area contributed by atoms with Crippen molar-refractivity contribution in [3.8, 4) is 0 Å². The summed E-state index contributed by atoms with van der Waals surface area (Å²) >= 11 is 0. The molecule has 2 nitrogen and oxygen atoms in total. The molecule has 1 rings (SSSR count). The second kappa shape index (κ2) is 7.43. The van der Waals surface area contributed by atoms with Crippen LogP contribution in [0.3, 0.4) is 0 Å². The highest BCUT2D eigenvalue weighted by Crippen LogP contribution is 2.15. The van der Waals surface area contributed by atoms with Crippen LogP contribution in [0.4, 0.5) is 0 Å². The van der Waals surface area contributed by atoms with Crippen molar-refractivity contribution < 1.29 is 9.47 Å². The SMILES string of the molecule is CCCOCCOC(C)c1ccccc1. The van der Waals surface area contributed by atoms with Gasteiger partial charge in [0, 0.05) is 6.61 Å². The standard InChI is InChI=1S/C13H20O2/c1-3-9-14-10-11-15-12(2)13-7-5-4-6-8-13/h4-8,12H,3,9-11H2,1-2H3. The van der Waals surface area contributed by atoms with Gasteiger partial charge in [-0.15, -0.1) is 0 Å². The molecule has 1 atom stereocenters. The van der Waals surface area contributed by atoms with Crippen LogP contribution in [0.1, 0.15) is 31.9 Å². The van der Waals surface area contributed by atoms with E-state index in [9.17, 15) is 0 Å². The Labute approximate surface area is 92.2 Å². The molecule has 0 radical (unpaired) electrons. The summed E-state index contributed by atoms with van der Waals surface area (Å²) in [5, 5.41) is 0. The summed E-state index contributed by atoms with van der Waals surface area (Å²) in [6.45, 7) is 6.34. The Bertz CT molecular complexity index is 246. The maximum absolute atomic E-state index is 5.65. The van der Waals surface area contributed by atoms with E-state index < -0.39 is 0 Å². The maximum atomic E-state index is 5.65. The molecule has 0 fully saturated rings. The minimum absolute atomic E-state index is 0.149. The third-order valence-electron chi connectivity index (χ3n) is 2.21. The highest BCUT2D eigenvalue weighted by atomic mass is 16.5. The molecule has 0 bridgehead atoms. The van der Waals surface area contributed by atoms with Gasteiger partial charge < -0.3 is 9.47 Å². The molecule has 0 N–H and O–H groups in total. The molecule has 1 aromatic carbocycles. The van der Waals surface area contributed by atoms with Crippen LogP contribution in [0, 0.1) is 0 Å². The molecule has 2 heteroatoms. The molecular weight excluding hydrogens is 188 g/mol. The normalized spacial score (nSPS) is 12.7. The Hall–Kier alpha value is -0.860. The average molecular weight is 208 g/mol. The lowest BCUT2D eigenvalue weighted by atomic mass is 10.1. The third kappa shape index (κ3) is 4.96. The van der Waals surface area contributed by atoms with E-state index in [1.165, 1.54) is 5.56 Å². The molecule has 0 aliphatic heterocycles. The lowest BCUT2D eigenvalue weighted by Crippen LogP contribution is -2.07. The van der Waals surface area contributed by atoms with Crippen LogP contribution < -0.4 is 0 Å². The van der Waals surface area contributed by atoms with Crippen LogP contribution in [0.2, 0.25) is 0 Å². The van der Waals surface area contributed by atoms with Crippen LogP contribution in [0.25, 0.3) is 0 Å². The molecule has 0 saturated heterocycles. The molecule has 15 heavy (non-hydrogen) atoms. The number of hydrogen-bond donors (Lipinski definition) is 0. The van der Waals surface area contributed by atoms with Gasteiger partial charge in [-0.3, -0.25) is 0 Å². The molecule has 0 aliphatic carbocycles. The summed E-state index contributed by atoms with van der Waals surface area (Å²) in [6, 6.07) is 10.2. The summed E-state index contributed by atoms with van der Waals surface area (Å²) in [5.41, 5.74) is 1.22. The van der Waals surface area contributed by atoms with Gasteiger partial charge in [-0.25, -0.2) is 0 Å². The summed E-state index contributed by atoms with van der Waals surface area (Å²) < 4.78 is 11.0. The molecule has 0 amide bonds. The Balaban J connectivity index is 2.16. The molecule has 0 saturated carbocycles. The van der Waals surface area contributed by atoms with E-state index in [1.807, 2.05) is 18.2 Å². The van der Waals surface area contributed by atoms with Gasteiger partial charge in [0.15, 0.2) is 0 Å². The first-order valence-electron chi connectivity index (χ1n) is 5.59. The monoisotopic (exact) mass is 208 g/mol. The molecule has 0 spiro atoms. The second-order valence-electron chi connectivity index (χ2n) is 3.54. The van der Waals surface area contributed by atoms with Crippen molar-refractivity contribution in [2.45, 2.75) is 26.4 Å². The van der Waals surface area contributed by atoms with E-state index in [0.29, 0.717) is 13.2 Å². The van der Waals surface area contributed by atoms with Gasteiger partial charge in [0.05, 0.1) is 19.3 Å². The fourth-order valence-corrected chi connectivity index (χ4v) is 1.35. The predicted molar refractivity (Wildman–Crippen MR) is 61.9 cm³/mol. The van der Waals surface area contributed by atoms with Gasteiger partial charge in [0.2, 0.25) is 0 Å². The molecule has 1 aromatic rings. The van der Waals surface area contributed by atoms with Crippen LogP contribution >= 0.6 is 0 Å². The van der Waals surface area contributed by atoms with Gasteiger partial charge in [-0.1, -0.05) is 37.3 Å². The average Bonchev–Trinajstić information content (AvgIpc) is 2.30. The van der Waals surface area contributed by atoms with Gasteiger partial charge in [0.25, 0.3) is 0 Å². The van der Waals surface area contributed by atoms with E-state index in [4.69, 9.17) is 9.47 Å². The number of benzene rings is 1. The van der Waals surface area contributed by atoms with Crippen molar-refractivity contribution in [2.24, 2.45) is 0 Å². The number of ether oxygens (including phenoxy) is 2. The van der Waals surface area contributed by atoms with Crippen LogP contribution in [-0.4, -0.2) is 19.8 Å². The van der Waals surface area contributed by atoms with Crippen LogP contribution in [-0.2, 0) is 9.47 Å². The van der Waals surface area contributed by atoms with Gasteiger partial charge in [0.1, 0.15) is 0 Å². The van der Waals surface area contributed by atoms with E-state index in [1.54, 1.807) is 0 Å². The first-order chi connectivity index (χ1) is 7.34. The molecule has 0 aliphatic rings. The summed E-state index contributed by atoms with van der Waals surface area (Å²) in [6.07, 6.45) is 1.21. The first kappa shape index (κ1) is 12.2. The van der Waals surface area contributed by atoms with E-state index >= 15 is 0 Å². The van der Waals surface area contributed by atoms with Crippen molar-refractivity contribution in [2.75, 3.05) is 19.8 Å². The van der Waals surface area contributed by atoms with Gasteiger partial charge in [-0.2, -0.15) is 0 Å². The van der Waals surface area contributed by atoms with E-state index in [-0.39, 0.29) is 6.10 Å². The van der Waals surface area contributed by atoms with Crippen LogP contribution in [0.5, 0.6) is 0 Å². The van der Waals surface area contributed by atoms with Crippen molar-refractivity contribution in [3.63, 3.8) is 0 Å². The predicted octanol–water partition coefficient (Wildman–Crippen LogP) is 3.19. The Morgan fingerprint density at radius 1 is 1.07 bits per heavy atom. The highest BCUT2D eigenvalue weighted by molar-refractivity contribution is 5.16. The highest BCUT2D eigenvalue weighted by Gasteiger charge is 2.03. The maximum Gasteiger partial charge on any atom is 0.0797 e. The van der Waals surface area contributed by atoms with Crippen molar-refractivity contribution in [3.05, 3.63) is 35.9 Å². The fourth-order valence-electron chi connectivity index (χ4n) is 1.35. The van der Waals surface area contributed by atoms with Crippen molar-refractivity contribution >= 4 is 0 Å². The van der Waals surface area contributed by atoms with E-state index in [0.717, 1.165) is 13.0 Å². The third-order valence-corrected chi connectivity index (χ3v) is 2.21. The zero-order valence-corrected chi connectivity index (χ0v) is 9.61. The lowest BCUT2D eigenvalue weighted by molar-refractivity contribution is 0.0117. The van der Waals surface area contributed by atoms with Crippen LogP contribution in [0.15, 0.2) is 30.3 Å². The Morgan fingerprint density at radius 2 is 1.80 bits per heavy atom. The smallest absolute Gasteiger partial charge is 0.0797 e. The number of rotatable bonds is 7. The number of hydrogen-bond acceptors (Lipinski definition) is 2. The van der Waals surface area contributed by atoms with Gasteiger partial charge in [-0.05, 0) is 18.9 Å². The minimum atomic E-state index is 0.149. The minimum Gasteiger partial charge on any atom is -0.379 e. The fraction of sp³-hybridized carbons (Fsp3) is 0.538. The topological polar surface area (TPSA) is 18.5 Å². The summed E-state index contributed by atoms with van der Waals surface area (Å²) in [7, 11) is 0. The zero-order valence-electron chi connectivity index (χ0n) is 9.61. The first-order valence-corrected chi connectivity index (χ1v) is 5.59. The summed E-state index contributed by atoms with van der Waals surface area (Å²) in [4.78, 5) is 0. The van der Waals surface area contributed by atoms with Gasteiger partial charge >= 0.3 is 0 Å². The molecular formula is C13H20O2. The van der Waals surface area contributed by atoms with Crippen molar-refractivity contribution in [1.29, 1.82) is 0 Å². The second-order valence-corrected chi connectivity index (χ2v) is 3.54. The Kier molecular flexibility index (Phi) is 6.05. The lowest BCUT2D eigenvalue weighted by Gasteiger charge is -2.13. The van der Waals surface area contributed by atoms with Crippen molar-refractivity contribution in [1.82, 2.24) is 0 Å². The Morgan fingerprint density at radius 3 is 2.47 bits per heavy atom. The molecule has 0 heterocycles. The largest absolute Gasteiger partial charge is 0.379 e. The zero-order chi connectivity index (χ0) is 10.9. The van der Waals surface area contributed by atoms with E-state index in [2.05, 4.69) is 26.0 Å².